The Hall–Kier alpha value is -4.43. The van der Waals surface area contributed by atoms with Gasteiger partial charge in [-0.2, -0.15) is 5.10 Å². The first-order valence-corrected chi connectivity index (χ1v) is 12.5. The van der Waals surface area contributed by atoms with Gasteiger partial charge in [0.15, 0.2) is 11.5 Å². The normalized spacial score (nSPS) is 14.2. The lowest BCUT2D eigenvalue weighted by molar-refractivity contribution is 0.331. The fraction of sp³-hybridized carbons (Fsp3) is 0.172. The van der Waals surface area contributed by atoms with Crippen LogP contribution in [0.25, 0.3) is 55.8 Å². The SMILES string of the molecule is Fc1cc(CN2CCCC2)cc(-c2cccc3[nH]c(-c4[nH]nc5ncc(-c6cccnc6)cc45)nc23)c1. The molecule has 37 heavy (non-hydrogen) atoms. The lowest BCUT2D eigenvalue weighted by Crippen LogP contribution is -2.18. The number of aromatic amines is 2. The molecule has 1 aliphatic rings. The van der Waals surface area contributed by atoms with Crippen LogP contribution in [0.3, 0.4) is 0 Å². The monoisotopic (exact) mass is 489 g/mol. The summed E-state index contributed by atoms with van der Waals surface area (Å²) < 4.78 is 14.7. The van der Waals surface area contributed by atoms with Gasteiger partial charge in [-0.3, -0.25) is 15.0 Å². The zero-order valence-electron chi connectivity index (χ0n) is 20.1. The lowest BCUT2D eigenvalue weighted by Gasteiger charge is -2.15. The van der Waals surface area contributed by atoms with Crippen molar-refractivity contribution in [2.24, 2.45) is 0 Å². The average molecular weight is 490 g/mol. The van der Waals surface area contributed by atoms with Crippen molar-refractivity contribution in [3.63, 3.8) is 0 Å². The lowest BCUT2D eigenvalue weighted by atomic mass is 10.0. The Morgan fingerprint density at radius 3 is 2.70 bits per heavy atom. The number of aromatic nitrogens is 6. The number of benzene rings is 2. The summed E-state index contributed by atoms with van der Waals surface area (Å²) in [5.41, 5.74) is 7.65. The molecule has 1 saturated heterocycles. The molecule has 0 saturated carbocycles. The molecular formula is C29H24FN7. The average Bonchev–Trinajstić information content (AvgIpc) is 3.67. The number of rotatable bonds is 5. The van der Waals surface area contributed by atoms with E-state index in [1.807, 2.05) is 42.6 Å². The molecule has 0 spiro atoms. The van der Waals surface area contributed by atoms with Gasteiger partial charge in [0.2, 0.25) is 0 Å². The number of likely N-dealkylation sites (tertiary alicyclic amines) is 1. The molecule has 5 heterocycles. The highest BCUT2D eigenvalue weighted by Crippen LogP contribution is 2.33. The van der Waals surface area contributed by atoms with Crippen molar-refractivity contribution in [3.8, 4) is 33.8 Å². The molecule has 1 aliphatic heterocycles. The van der Waals surface area contributed by atoms with Crippen LogP contribution in [0, 0.1) is 5.82 Å². The number of nitrogens with zero attached hydrogens (tertiary/aromatic N) is 5. The van der Waals surface area contributed by atoms with E-state index in [1.54, 1.807) is 24.5 Å². The number of halogens is 1. The maximum absolute atomic E-state index is 14.7. The van der Waals surface area contributed by atoms with Crippen molar-refractivity contribution in [3.05, 3.63) is 84.6 Å². The Balaban J connectivity index is 1.31. The van der Waals surface area contributed by atoms with Gasteiger partial charge in [0.05, 0.1) is 16.4 Å². The molecule has 0 radical (unpaired) electrons. The van der Waals surface area contributed by atoms with E-state index in [0.29, 0.717) is 11.5 Å². The molecule has 0 bridgehead atoms. The van der Waals surface area contributed by atoms with E-state index in [0.717, 1.165) is 69.6 Å². The topological polar surface area (TPSA) is 86.4 Å². The van der Waals surface area contributed by atoms with Gasteiger partial charge in [-0.05, 0) is 73.5 Å². The molecule has 7 nitrogen and oxygen atoms in total. The van der Waals surface area contributed by atoms with Gasteiger partial charge >= 0.3 is 0 Å². The Bertz CT molecular complexity index is 1730. The number of nitrogens with one attached hydrogen (secondary N) is 2. The number of hydrogen-bond donors (Lipinski definition) is 2. The predicted octanol–water partition coefficient (Wildman–Crippen LogP) is 5.97. The molecule has 2 N–H and O–H groups in total. The molecule has 8 heteroatoms. The number of H-pyrrole nitrogens is 2. The number of imidazole rings is 1. The number of para-hydroxylation sites is 1. The van der Waals surface area contributed by atoms with Crippen molar-refractivity contribution < 1.29 is 4.39 Å². The van der Waals surface area contributed by atoms with Crippen molar-refractivity contribution in [1.82, 2.24) is 35.0 Å². The summed E-state index contributed by atoms with van der Waals surface area (Å²) in [6.07, 6.45) is 7.77. The van der Waals surface area contributed by atoms with Crippen LogP contribution in [0.5, 0.6) is 0 Å². The Morgan fingerprint density at radius 2 is 1.84 bits per heavy atom. The molecule has 2 aromatic carbocycles. The van der Waals surface area contributed by atoms with E-state index < -0.39 is 0 Å². The van der Waals surface area contributed by atoms with Crippen LogP contribution in [-0.2, 0) is 6.54 Å². The minimum Gasteiger partial charge on any atom is -0.337 e. The van der Waals surface area contributed by atoms with E-state index in [4.69, 9.17) is 4.98 Å². The first-order chi connectivity index (χ1) is 18.2. The van der Waals surface area contributed by atoms with E-state index in [2.05, 4.69) is 36.1 Å². The highest BCUT2D eigenvalue weighted by Gasteiger charge is 2.17. The Morgan fingerprint density at radius 1 is 0.919 bits per heavy atom. The van der Waals surface area contributed by atoms with E-state index in [-0.39, 0.29) is 5.82 Å². The number of fused-ring (bicyclic) bond motifs is 2. The fourth-order valence-corrected chi connectivity index (χ4v) is 5.25. The van der Waals surface area contributed by atoms with E-state index in [1.165, 1.54) is 12.8 Å². The molecule has 0 unspecified atom stereocenters. The van der Waals surface area contributed by atoms with Crippen molar-refractivity contribution in [2.45, 2.75) is 19.4 Å². The smallest absolute Gasteiger partial charge is 0.181 e. The molecule has 1 fully saturated rings. The maximum atomic E-state index is 14.7. The van der Waals surface area contributed by atoms with Gasteiger partial charge in [0.25, 0.3) is 0 Å². The second-order valence-corrected chi connectivity index (χ2v) is 9.55. The molecule has 6 aromatic rings. The summed E-state index contributed by atoms with van der Waals surface area (Å²) in [6.45, 7) is 2.90. The van der Waals surface area contributed by atoms with Gasteiger partial charge in [-0.25, -0.2) is 14.4 Å². The standard InChI is InChI=1S/C29H24FN7/c30-22-12-18(17-37-9-1-2-10-37)11-20(13-22)23-6-3-7-25-26(23)34-29(33-25)27-24-14-21(16-32-28(24)36-35-27)19-5-4-8-31-15-19/h3-8,11-16H,1-2,9-10,17H2,(H,33,34)(H,32,35,36). The zero-order valence-corrected chi connectivity index (χ0v) is 20.1. The quantitative estimate of drug-likeness (QED) is 0.312. The van der Waals surface area contributed by atoms with Gasteiger partial charge in [0, 0.05) is 41.8 Å². The second kappa shape index (κ2) is 8.90. The van der Waals surface area contributed by atoms with Crippen LogP contribution in [0.2, 0.25) is 0 Å². The van der Waals surface area contributed by atoms with Crippen LogP contribution in [0.4, 0.5) is 4.39 Å². The Kier molecular flexibility index (Phi) is 5.25. The fourth-order valence-electron chi connectivity index (χ4n) is 5.25. The van der Waals surface area contributed by atoms with Crippen LogP contribution >= 0.6 is 0 Å². The second-order valence-electron chi connectivity index (χ2n) is 9.55. The van der Waals surface area contributed by atoms with E-state index in [9.17, 15) is 4.39 Å². The summed E-state index contributed by atoms with van der Waals surface area (Å²) in [4.78, 5) is 19.5. The third kappa shape index (κ3) is 4.05. The minimum atomic E-state index is -0.229. The third-order valence-electron chi connectivity index (χ3n) is 7.03. The van der Waals surface area contributed by atoms with Crippen LogP contribution in [0.15, 0.2) is 73.2 Å². The first-order valence-electron chi connectivity index (χ1n) is 12.5. The molecule has 4 aromatic heterocycles. The minimum absolute atomic E-state index is 0.229. The van der Waals surface area contributed by atoms with Crippen molar-refractivity contribution in [2.75, 3.05) is 13.1 Å². The molecular weight excluding hydrogens is 465 g/mol. The molecule has 0 atom stereocenters. The molecule has 0 aliphatic carbocycles. The highest BCUT2D eigenvalue weighted by atomic mass is 19.1. The molecule has 0 amide bonds. The van der Waals surface area contributed by atoms with Crippen LogP contribution < -0.4 is 0 Å². The Labute approximate surface area is 212 Å². The summed E-state index contributed by atoms with van der Waals surface area (Å²) in [5, 5.41) is 8.35. The first kappa shape index (κ1) is 21.8. The van der Waals surface area contributed by atoms with Gasteiger partial charge in [-0.1, -0.05) is 18.2 Å². The van der Waals surface area contributed by atoms with Crippen molar-refractivity contribution >= 4 is 22.1 Å². The third-order valence-corrected chi connectivity index (χ3v) is 7.03. The predicted molar refractivity (Wildman–Crippen MR) is 142 cm³/mol. The summed E-state index contributed by atoms with van der Waals surface area (Å²) in [5.74, 6) is 0.428. The number of pyridine rings is 2. The maximum Gasteiger partial charge on any atom is 0.181 e. The summed E-state index contributed by atoms with van der Waals surface area (Å²) in [7, 11) is 0. The van der Waals surface area contributed by atoms with E-state index >= 15 is 0 Å². The van der Waals surface area contributed by atoms with Crippen molar-refractivity contribution in [1.29, 1.82) is 0 Å². The van der Waals surface area contributed by atoms with Gasteiger partial charge in [-0.15, -0.1) is 0 Å². The highest BCUT2D eigenvalue weighted by molar-refractivity contribution is 5.97. The summed E-state index contributed by atoms with van der Waals surface area (Å²) >= 11 is 0. The summed E-state index contributed by atoms with van der Waals surface area (Å²) in [6, 6.07) is 17.2. The largest absolute Gasteiger partial charge is 0.337 e. The van der Waals surface area contributed by atoms with Gasteiger partial charge in [0.1, 0.15) is 11.5 Å². The van der Waals surface area contributed by atoms with Crippen LogP contribution in [-0.4, -0.2) is 48.1 Å². The van der Waals surface area contributed by atoms with Crippen LogP contribution in [0.1, 0.15) is 18.4 Å². The zero-order chi connectivity index (χ0) is 24.8. The van der Waals surface area contributed by atoms with Gasteiger partial charge < -0.3 is 4.98 Å². The number of hydrogen-bond acceptors (Lipinski definition) is 5. The molecule has 7 rings (SSSR count). The molecule has 182 valence electrons.